The van der Waals surface area contributed by atoms with E-state index in [1.54, 1.807) is 31.2 Å². The van der Waals surface area contributed by atoms with Gasteiger partial charge in [-0.05, 0) is 42.8 Å². The van der Waals surface area contributed by atoms with E-state index >= 15 is 0 Å². The highest BCUT2D eigenvalue weighted by molar-refractivity contribution is 6.42. The highest BCUT2D eigenvalue weighted by atomic mass is 35.5. The lowest BCUT2D eigenvalue weighted by Crippen LogP contribution is -2.19. The summed E-state index contributed by atoms with van der Waals surface area (Å²) in [5, 5.41) is 4.77. The van der Waals surface area contributed by atoms with E-state index in [2.05, 4.69) is 10.5 Å². The van der Waals surface area contributed by atoms with Crippen molar-refractivity contribution in [2.45, 2.75) is 6.92 Å². The van der Waals surface area contributed by atoms with Crippen LogP contribution in [0.1, 0.15) is 22.8 Å². The van der Waals surface area contributed by atoms with Gasteiger partial charge in [0.2, 0.25) is 0 Å². The van der Waals surface area contributed by atoms with Crippen LogP contribution in [0.2, 0.25) is 10.0 Å². The number of carbonyl (C=O) groups excluding carboxylic acids is 1. The quantitative estimate of drug-likeness (QED) is 0.514. The van der Waals surface area contributed by atoms with E-state index in [-0.39, 0.29) is 5.91 Å². The molecule has 0 spiro atoms. The van der Waals surface area contributed by atoms with Crippen LogP contribution >= 0.6 is 23.2 Å². The monoisotopic (exact) mass is 321 g/mol. The Hall–Kier alpha value is -2.04. The fraction of sp³-hybridized carbons (Fsp3) is 0.0667. The van der Waals surface area contributed by atoms with Crippen LogP contribution < -0.4 is 11.2 Å². The van der Waals surface area contributed by atoms with E-state index in [0.717, 1.165) is 5.56 Å². The summed E-state index contributed by atoms with van der Waals surface area (Å²) in [5.41, 5.74) is 10.7. The van der Waals surface area contributed by atoms with E-state index in [9.17, 15) is 4.79 Å². The van der Waals surface area contributed by atoms with Gasteiger partial charge in [0.15, 0.2) is 0 Å². The summed E-state index contributed by atoms with van der Waals surface area (Å²) in [6.07, 6.45) is 0. The Morgan fingerprint density at radius 1 is 1.05 bits per heavy atom. The first-order chi connectivity index (χ1) is 9.97. The van der Waals surface area contributed by atoms with Crippen LogP contribution in [0.15, 0.2) is 47.6 Å². The van der Waals surface area contributed by atoms with Crippen molar-refractivity contribution >= 4 is 40.5 Å². The van der Waals surface area contributed by atoms with Crippen LogP contribution in [-0.4, -0.2) is 11.6 Å². The van der Waals surface area contributed by atoms with Gasteiger partial charge in [-0.15, -0.1) is 0 Å². The van der Waals surface area contributed by atoms with Crippen molar-refractivity contribution in [3.05, 3.63) is 63.6 Å². The van der Waals surface area contributed by atoms with Crippen LogP contribution in [0, 0.1) is 0 Å². The third kappa shape index (κ3) is 3.97. The zero-order chi connectivity index (χ0) is 15.4. The van der Waals surface area contributed by atoms with Crippen LogP contribution in [0.25, 0.3) is 0 Å². The molecule has 0 unspecified atom stereocenters. The minimum Gasteiger partial charge on any atom is -0.399 e. The lowest BCUT2D eigenvalue weighted by molar-refractivity contribution is 0.0955. The Morgan fingerprint density at radius 2 is 1.67 bits per heavy atom. The molecule has 2 aromatic carbocycles. The first-order valence-electron chi connectivity index (χ1n) is 6.13. The topological polar surface area (TPSA) is 67.5 Å². The van der Waals surface area contributed by atoms with E-state index in [1.165, 1.54) is 6.07 Å². The average molecular weight is 322 g/mol. The third-order valence-electron chi connectivity index (χ3n) is 2.84. The van der Waals surface area contributed by atoms with Gasteiger partial charge >= 0.3 is 0 Å². The summed E-state index contributed by atoms with van der Waals surface area (Å²) in [6, 6.07) is 11.9. The van der Waals surface area contributed by atoms with Crippen molar-refractivity contribution in [1.29, 1.82) is 0 Å². The number of anilines is 1. The van der Waals surface area contributed by atoms with Crippen molar-refractivity contribution in [3.63, 3.8) is 0 Å². The molecule has 0 aliphatic heterocycles. The summed E-state index contributed by atoms with van der Waals surface area (Å²) in [7, 11) is 0. The zero-order valence-electron chi connectivity index (χ0n) is 11.2. The second-order valence-electron chi connectivity index (χ2n) is 4.39. The molecule has 3 N–H and O–H groups in total. The average Bonchev–Trinajstić information content (AvgIpc) is 2.48. The highest BCUT2D eigenvalue weighted by Crippen LogP contribution is 2.22. The Bertz CT molecular complexity index is 697. The molecule has 108 valence electrons. The second-order valence-corrected chi connectivity index (χ2v) is 5.20. The molecular weight excluding hydrogens is 309 g/mol. The molecule has 4 nitrogen and oxygen atoms in total. The smallest absolute Gasteiger partial charge is 0.271 e. The summed E-state index contributed by atoms with van der Waals surface area (Å²) in [5.74, 6) is -0.358. The molecule has 0 aliphatic carbocycles. The zero-order valence-corrected chi connectivity index (χ0v) is 12.7. The van der Waals surface area contributed by atoms with Crippen LogP contribution in [-0.2, 0) is 0 Å². The van der Waals surface area contributed by atoms with Crippen LogP contribution in [0.4, 0.5) is 5.69 Å². The number of hydrogen-bond acceptors (Lipinski definition) is 3. The predicted octanol–water partition coefficient (Wildman–Crippen LogP) is 3.73. The fourth-order valence-corrected chi connectivity index (χ4v) is 1.92. The molecular formula is C15H13Cl2N3O. The number of halogens is 2. The van der Waals surface area contributed by atoms with Crippen molar-refractivity contribution < 1.29 is 4.79 Å². The third-order valence-corrected chi connectivity index (χ3v) is 3.57. The predicted molar refractivity (Wildman–Crippen MR) is 87.0 cm³/mol. The van der Waals surface area contributed by atoms with Gasteiger partial charge in [-0.2, -0.15) is 5.10 Å². The Morgan fingerprint density at radius 3 is 2.29 bits per heavy atom. The molecule has 21 heavy (non-hydrogen) atoms. The minimum atomic E-state index is -0.358. The van der Waals surface area contributed by atoms with Gasteiger partial charge in [-0.1, -0.05) is 35.3 Å². The molecule has 2 rings (SSSR count). The van der Waals surface area contributed by atoms with E-state index in [4.69, 9.17) is 28.9 Å². The summed E-state index contributed by atoms with van der Waals surface area (Å²) >= 11 is 11.7. The maximum atomic E-state index is 12.0. The number of nitrogens with two attached hydrogens (primary N) is 1. The largest absolute Gasteiger partial charge is 0.399 e. The number of hydrazone groups is 1. The SMILES string of the molecule is C/C(=N\NC(=O)c1ccc(Cl)c(Cl)c1)c1ccc(N)cc1. The number of hydrogen-bond donors (Lipinski definition) is 2. The molecule has 0 radical (unpaired) electrons. The molecule has 0 fully saturated rings. The Balaban J connectivity index is 2.10. The van der Waals surface area contributed by atoms with Gasteiger partial charge < -0.3 is 5.73 Å². The molecule has 0 atom stereocenters. The van der Waals surface area contributed by atoms with Crippen LogP contribution in [0.3, 0.4) is 0 Å². The Labute approximate surface area is 132 Å². The number of benzene rings is 2. The fourth-order valence-electron chi connectivity index (χ4n) is 1.63. The number of nitrogen functional groups attached to an aromatic ring is 1. The second kappa shape index (κ2) is 6.61. The number of nitrogens with zero attached hydrogens (tertiary/aromatic N) is 1. The highest BCUT2D eigenvalue weighted by Gasteiger charge is 2.07. The summed E-state index contributed by atoms with van der Waals surface area (Å²) in [6.45, 7) is 1.79. The number of amides is 1. The van der Waals surface area contributed by atoms with Gasteiger partial charge in [0.25, 0.3) is 5.91 Å². The molecule has 0 bridgehead atoms. The van der Waals surface area contributed by atoms with Gasteiger partial charge in [0.05, 0.1) is 15.8 Å². The van der Waals surface area contributed by atoms with Crippen molar-refractivity contribution in [1.82, 2.24) is 5.43 Å². The van der Waals surface area contributed by atoms with Crippen molar-refractivity contribution in [3.8, 4) is 0 Å². The molecule has 0 aliphatic rings. The lowest BCUT2D eigenvalue weighted by Gasteiger charge is -2.04. The van der Waals surface area contributed by atoms with Gasteiger partial charge in [0.1, 0.15) is 0 Å². The van der Waals surface area contributed by atoms with Gasteiger partial charge in [0, 0.05) is 11.3 Å². The van der Waals surface area contributed by atoms with Crippen LogP contribution in [0.5, 0.6) is 0 Å². The number of nitrogens with one attached hydrogen (secondary N) is 1. The lowest BCUT2D eigenvalue weighted by atomic mass is 10.1. The van der Waals surface area contributed by atoms with E-state index < -0.39 is 0 Å². The minimum absolute atomic E-state index is 0.323. The maximum absolute atomic E-state index is 12.0. The van der Waals surface area contributed by atoms with E-state index in [0.29, 0.717) is 27.0 Å². The normalized spacial score (nSPS) is 11.3. The van der Waals surface area contributed by atoms with Crippen molar-refractivity contribution in [2.75, 3.05) is 5.73 Å². The summed E-state index contributed by atoms with van der Waals surface area (Å²) in [4.78, 5) is 12.0. The molecule has 1 amide bonds. The summed E-state index contributed by atoms with van der Waals surface area (Å²) < 4.78 is 0. The van der Waals surface area contributed by atoms with Crippen molar-refractivity contribution in [2.24, 2.45) is 5.10 Å². The molecule has 0 saturated heterocycles. The maximum Gasteiger partial charge on any atom is 0.271 e. The molecule has 0 aromatic heterocycles. The first kappa shape index (κ1) is 15.4. The molecule has 2 aromatic rings. The molecule has 0 saturated carbocycles. The standard InChI is InChI=1S/C15H13Cl2N3O/c1-9(10-2-5-12(18)6-3-10)19-20-15(21)11-4-7-13(16)14(17)8-11/h2-8H,18H2,1H3,(H,20,21)/b19-9+. The first-order valence-corrected chi connectivity index (χ1v) is 6.88. The number of carbonyl (C=O) groups is 1. The molecule has 6 heteroatoms. The van der Waals surface area contributed by atoms with Gasteiger partial charge in [-0.25, -0.2) is 5.43 Å². The Kier molecular flexibility index (Phi) is 4.83. The van der Waals surface area contributed by atoms with E-state index in [1.807, 2.05) is 12.1 Å². The molecule has 0 heterocycles. The van der Waals surface area contributed by atoms with Gasteiger partial charge in [-0.3, -0.25) is 4.79 Å². The number of rotatable bonds is 3.